The van der Waals surface area contributed by atoms with Crippen LogP contribution < -0.4 is 14.8 Å². The first-order chi connectivity index (χ1) is 11.0. The maximum absolute atomic E-state index is 11.9. The third kappa shape index (κ3) is 4.61. The number of methoxy groups -OCH3 is 1. The molecule has 23 heavy (non-hydrogen) atoms. The number of nitrogens with one attached hydrogen (secondary N) is 1. The van der Waals surface area contributed by atoms with Gasteiger partial charge in [0.1, 0.15) is 6.29 Å². The summed E-state index contributed by atoms with van der Waals surface area (Å²) in [7, 11) is 1.45. The molecule has 2 aromatic carbocycles. The van der Waals surface area contributed by atoms with Crippen molar-refractivity contribution in [2.45, 2.75) is 0 Å². The second-order valence-electron chi connectivity index (χ2n) is 4.49. The van der Waals surface area contributed by atoms with Crippen molar-refractivity contribution in [1.29, 1.82) is 0 Å². The van der Waals surface area contributed by atoms with Gasteiger partial charge < -0.3 is 14.8 Å². The molecule has 1 N–H and O–H groups in total. The van der Waals surface area contributed by atoms with E-state index < -0.39 is 5.91 Å². The van der Waals surface area contributed by atoms with E-state index in [1.54, 1.807) is 30.3 Å². The molecule has 0 bridgehead atoms. The van der Waals surface area contributed by atoms with Crippen LogP contribution in [0.5, 0.6) is 11.5 Å². The Labute approximate surface area is 143 Å². The number of benzene rings is 2. The zero-order valence-corrected chi connectivity index (χ0v) is 13.6. The van der Waals surface area contributed by atoms with E-state index in [-0.39, 0.29) is 6.61 Å². The fourth-order valence-corrected chi connectivity index (χ4v) is 2.14. The van der Waals surface area contributed by atoms with Crippen molar-refractivity contribution < 1.29 is 19.1 Å². The van der Waals surface area contributed by atoms with Crippen molar-refractivity contribution in [2.75, 3.05) is 19.0 Å². The normalized spacial score (nSPS) is 10.0. The number of amides is 1. The first-order valence-electron chi connectivity index (χ1n) is 6.54. The molecule has 0 atom stereocenters. The van der Waals surface area contributed by atoms with E-state index in [2.05, 4.69) is 5.32 Å². The molecule has 0 unspecified atom stereocenters. The zero-order chi connectivity index (χ0) is 16.8. The predicted octanol–water partition coefficient (Wildman–Crippen LogP) is 3.83. The van der Waals surface area contributed by atoms with Gasteiger partial charge in [0.05, 0.1) is 17.8 Å². The number of carbonyl (C=O) groups is 2. The first-order valence-corrected chi connectivity index (χ1v) is 7.30. The quantitative estimate of drug-likeness (QED) is 0.801. The Morgan fingerprint density at radius 1 is 1.17 bits per heavy atom. The first kappa shape index (κ1) is 17.1. The smallest absolute Gasteiger partial charge is 0.262 e. The highest BCUT2D eigenvalue weighted by atomic mass is 35.5. The van der Waals surface area contributed by atoms with Crippen molar-refractivity contribution in [3.8, 4) is 11.5 Å². The Balaban J connectivity index is 2.02. The maximum Gasteiger partial charge on any atom is 0.262 e. The summed E-state index contributed by atoms with van der Waals surface area (Å²) >= 11 is 11.8. The van der Waals surface area contributed by atoms with Gasteiger partial charge in [0.25, 0.3) is 5.91 Å². The number of anilines is 1. The molecule has 2 aromatic rings. The number of hydrogen-bond acceptors (Lipinski definition) is 4. The van der Waals surface area contributed by atoms with Gasteiger partial charge in [0, 0.05) is 10.6 Å². The molecule has 0 heterocycles. The summed E-state index contributed by atoms with van der Waals surface area (Å²) < 4.78 is 10.5. The van der Waals surface area contributed by atoms with E-state index in [1.807, 2.05) is 0 Å². The Bertz CT molecular complexity index is 734. The third-order valence-corrected chi connectivity index (χ3v) is 3.45. The second-order valence-corrected chi connectivity index (χ2v) is 5.33. The lowest BCUT2D eigenvalue weighted by Gasteiger charge is -2.12. The second kappa shape index (κ2) is 7.85. The molecule has 120 valence electrons. The molecule has 0 aliphatic heterocycles. The van der Waals surface area contributed by atoms with E-state index in [0.717, 1.165) is 0 Å². The summed E-state index contributed by atoms with van der Waals surface area (Å²) in [6.45, 7) is -0.250. The molecule has 0 fully saturated rings. The number of halogens is 2. The third-order valence-electron chi connectivity index (χ3n) is 2.89. The van der Waals surface area contributed by atoms with Gasteiger partial charge in [-0.2, -0.15) is 0 Å². The van der Waals surface area contributed by atoms with Crippen LogP contribution in [0.25, 0.3) is 0 Å². The lowest BCUT2D eigenvalue weighted by atomic mass is 10.2. The van der Waals surface area contributed by atoms with Gasteiger partial charge >= 0.3 is 0 Å². The Hall–Kier alpha value is -2.24. The monoisotopic (exact) mass is 353 g/mol. The van der Waals surface area contributed by atoms with Crippen molar-refractivity contribution >= 4 is 41.1 Å². The van der Waals surface area contributed by atoms with E-state index >= 15 is 0 Å². The summed E-state index contributed by atoms with van der Waals surface area (Å²) in [5, 5.41) is 3.43. The predicted molar refractivity (Wildman–Crippen MR) is 89.0 cm³/mol. The molecular weight excluding hydrogens is 341 g/mol. The highest BCUT2D eigenvalue weighted by molar-refractivity contribution is 6.35. The summed E-state index contributed by atoms with van der Waals surface area (Å²) in [5.74, 6) is 0.310. The highest BCUT2D eigenvalue weighted by Gasteiger charge is 2.10. The van der Waals surface area contributed by atoms with E-state index in [4.69, 9.17) is 32.7 Å². The number of carbonyl (C=O) groups excluding carboxylic acids is 2. The molecule has 7 heteroatoms. The Kier molecular flexibility index (Phi) is 5.84. The minimum atomic E-state index is -0.407. The molecule has 0 saturated carbocycles. The minimum absolute atomic E-state index is 0.250. The van der Waals surface area contributed by atoms with Crippen LogP contribution in [0.4, 0.5) is 5.69 Å². The SMILES string of the molecule is COc1cc(C=O)ccc1OCC(=O)Nc1cc(Cl)ccc1Cl. The molecule has 0 spiro atoms. The number of ether oxygens (including phenoxy) is 2. The molecular formula is C16H13Cl2NO4. The molecule has 0 radical (unpaired) electrons. The summed E-state index contributed by atoms with van der Waals surface area (Å²) in [6.07, 6.45) is 0.695. The maximum atomic E-state index is 11.9. The molecule has 0 aromatic heterocycles. The fourth-order valence-electron chi connectivity index (χ4n) is 1.80. The summed E-state index contributed by atoms with van der Waals surface area (Å²) in [5.41, 5.74) is 0.848. The molecule has 1 amide bonds. The molecule has 0 aliphatic carbocycles. The van der Waals surface area contributed by atoms with Crippen LogP contribution in [0.3, 0.4) is 0 Å². The molecule has 0 aliphatic rings. The van der Waals surface area contributed by atoms with Crippen molar-refractivity contribution in [3.05, 3.63) is 52.0 Å². The van der Waals surface area contributed by atoms with E-state index in [9.17, 15) is 9.59 Å². The van der Waals surface area contributed by atoms with Crippen LogP contribution in [0, 0.1) is 0 Å². The number of hydrogen-bond donors (Lipinski definition) is 1. The lowest BCUT2D eigenvalue weighted by molar-refractivity contribution is -0.118. The van der Waals surface area contributed by atoms with Crippen molar-refractivity contribution in [1.82, 2.24) is 0 Å². The molecule has 5 nitrogen and oxygen atoms in total. The number of aldehydes is 1. The van der Waals surface area contributed by atoms with Gasteiger partial charge in [0.15, 0.2) is 18.1 Å². The average Bonchev–Trinajstić information content (AvgIpc) is 2.56. The van der Waals surface area contributed by atoms with E-state index in [1.165, 1.54) is 13.2 Å². The van der Waals surface area contributed by atoms with Gasteiger partial charge in [-0.25, -0.2) is 0 Å². The van der Waals surface area contributed by atoms with Gasteiger partial charge in [0.2, 0.25) is 0 Å². The van der Waals surface area contributed by atoms with Crippen molar-refractivity contribution in [2.24, 2.45) is 0 Å². The fraction of sp³-hybridized carbons (Fsp3) is 0.125. The van der Waals surface area contributed by atoms with Gasteiger partial charge in [-0.3, -0.25) is 9.59 Å². The molecule has 2 rings (SSSR count). The van der Waals surface area contributed by atoms with Gasteiger partial charge in [-0.15, -0.1) is 0 Å². The van der Waals surface area contributed by atoms with Crippen LogP contribution in [-0.2, 0) is 4.79 Å². The Morgan fingerprint density at radius 3 is 2.65 bits per heavy atom. The Morgan fingerprint density at radius 2 is 1.96 bits per heavy atom. The van der Waals surface area contributed by atoms with Crippen molar-refractivity contribution in [3.63, 3.8) is 0 Å². The standard InChI is InChI=1S/C16H13Cl2NO4/c1-22-15-6-10(8-20)2-5-14(15)23-9-16(21)19-13-7-11(17)3-4-12(13)18/h2-8H,9H2,1H3,(H,19,21). The topological polar surface area (TPSA) is 64.6 Å². The highest BCUT2D eigenvalue weighted by Crippen LogP contribution is 2.28. The van der Waals surface area contributed by atoms with Gasteiger partial charge in [-0.1, -0.05) is 23.2 Å². The van der Waals surface area contributed by atoms with E-state index in [0.29, 0.717) is 39.1 Å². The van der Waals surface area contributed by atoms with Crippen LogP contribution in [0.1, 0.15) is 10.4 Å². The lowest BCUT2D eigenvalue weighted by Crippen LogP contribution is -2.20. The van der Waals surface area contributed by atoms with Crippen LogP contribution >= 0.6 is 23.2 Å². The molecule has 0 saturated heterocycles. The van der Waals surface area contributed by atoms with Crippen LogP contribution in [0.15, 0.2) is 36.4 Å². The largest absolute Gasteiger partial charge is 0.493 e. The van der Waals surface area contributed by atoms with Crippen LogP contribution in [0.2, 0.25) is 10.0 Å². The number of rotatable bonds is 6. The van der Waals surface area contributed by atoms with Gasteiger partial charge in [-0.05, 0) is 36.4 Å². The van der Waals surface area contributed by atoms with Crippen LogP contribution in [-0.4, -0.2) is 25.9 Å². The average molecular weight is 354 g/mol. The summed E-state index contributed by atoms with van der Waals surface area (Å²) in [6, 6.07) is 9.39. The summed E-state index contributed by atoms with van der Waals surface area (Å²) in [4.78, 5) is 22.7. The minimum Gasteiger partial charge on any atom is -0.493 e. The zero-order valence-electron chi connectivity index (χ0n) is 12.1.